The Morgan fingerprint density at radius 1 is 1.26 bits per heavy atom. The Bertz CT molecular complexity index is 611. The van der Waals surface area contributed by atoms with Gasteiger partial charge in [-0.25, -0.2) is 0 Å². The number of ether oxygens (including phenoxy) is 1. The highest BCUT2D eigenvalue weighted by Gasteiger charge is 2.11. The highest BCUT2D eigenvalue weighted by atomic mass is 127. The van der Waals surface area contributed by atoms with E-state index in [9.17, 15) is 4.79 Å². The summed E-state index contributed by atoms with van der Waals surface area (Å²) in [7, 11) is 1.61. The smallest absolute Gasteiger partial charge is 0.167 e. The van der Waals surface area contributed by atoms with Gasteiger partial charge >= 0.3 is 0 Å². The fraction of sp³-hybridized carbons (Fsp3) is 0.133. The lowest BCUT2D eigenvalue weighted by Crippen LogP contribution is -2.05. The van der Waals surface area contributed by atoms with E-state index in [1.54, 1.807) is 7.11 Å². The van der Waals surface area contributed by atoms with Crippen molar-refractivity contribution in [3.05, 3.63) is 61.6 Å². The number of hydrogen-bond donors (Lipinski definition) is 0. The topological polar surface area (TPSA) is 26.3 Å². The Labute approximate surface area is 134 Å². The number of Topliss-reactive ketones (excluding diaryl/α,β-unsaturated/α-hetero) is 1. The molecule has 0 spiro atoms. The molecule has 0 aliphatic heterocycles. The van der Waals surface area contributed by atoms with Gasteiger partial charge in [0.1, 0.15) is 5.75 Å². The van der Waals surface area contributed by atoms with Crippen LogP contribution in [0.15, 0.2) is 46.9 Å². The van der Waals surface area contributed by atoms with Crippen molar-refractivity contribution in [3.8, 4) is 5.75 Å². The number of rotatable bonds is 4. The van der Waals surface area contributed by atoms with Crippen molar-refractivity contribution in [1.82, 2.24) is 0 Å². The molecule has 4 heteroatoms. The molecule has 2 nitrogen and oxygen atoms in total. The third-order valence-corrected chi connectivity index (χ3v) is 3.90. The molecular weight excluding hydrogens is 419 g/mol. The summed E-state index contributed by atoms with van der Waals surface area (Å²) in [5, 5.41) is 0. The first-order valence-electron chi connectivity index (χ1n) is 5.71. The van der Waals surface area contributed by atoms with E-state index in [0.717, 1.165) is 24.9 Å². The molecule has 0 aromatic heterocycles. The van der Waals surface area contributed by atoms with Crippen LogP contribution in [0.25, 0.3) is 0 Å². The fourth-order valence-corrected chi connectivity index (χ4v) is 2.77. The molecular formula is C15H12BrIO2. The van der Waals surface area contributed by atoms with Crippen LogP contribution in [0.4, 0.5) is 0 Å². The first-order chi connectivity index (χ1) is 9.10. The number of carbonyl (C=O) groups excluding carboxylic acids is 1. The molecule has 2 aromatic carbocycles. The summed E-state index contributed by atoms with van der Waals surface area (Å²) in [4.78, 5) is 12.3. The van der Waals surface area contributed by atoms with E-state index in [-0.39, 0.29) is 5.78 Å². The van der Waals surface area contributed by atoms with Crippen molar-refractivity contribution in [2.24, 2.45) is 0 Å². The minimum absolute atomic E-state index is 0.0925. The van der Waals surface area contributed by atoms with Crippen LogP contribution in [-0.4, -0.2) is 12.9 Å². The maximum atomic E-state index is 12.3. The van der Waals surface area contributed by atoms with Gasteiger partial charge in [-0.15, -0.1) is 0 Å². The lowest BCUT2D eigenvalue weighted by Gasteiger charge is -2.08. The molecule has 2 rings (SSSR count). The highest BCUT2D eigenvalue weighted by Crippen LogP contribution is 2.24. The van der Waals surface area contributed by atoms with E-state index >= 15 is 0 Å². The van der Waals surface area contributed by atoms with Crippen LogP contribution in [0.3, 0.4) is 0 Å². The molecule has 0 saturated heterocycles. The number of halogens is 2. The number of hydrogen-bond acceptors (Lipinski definition) is 2. The summed E-state index contributed by atoms with van der Waals surface area (Å²) in [5.74, 6) is 0.831. The Kier molecular flexibility index (Phi) is 4.99. The molecule has 0 N–H and O–H groups in total. The second kappa shape index (κ2) is 6.52. The zero-order valence-corrected chi connectivity index (χ0v) is 14.1. The summed E-state index contributed by atoms with van der Waals surface area (Å²) in [6.45, 7) is 0. The highest BCUT2D eigenvalue weighted by molar-refractivity contribution is 14.1. The maximum absolute atomic E-state index is 12.3. The lowest BCUT2D eigenvalue weighted by atomic mass is 10.0. The number of methoxy groups -OCH3 is 1. The van der Waals surface area contributed by atoms with Gasteiger partial charge in [0.2, 0.25) is 0 Å². The van der Waals surface area contributed by atoms with Crippen molar-refractivity contribution in [3.63, 3.8) is 0 Å². The molecule has 0 heterocycles. The molecule has 0 atom stereocenters. The van der Waals surface area contributed by atoms with E-state index in [1.807, 2.05) is 42.5 Å². The molecule has 0 aliphatic rings. The van der Waals surface area contributed by atoms with Gasteiger partial charge in [0.05, 0.1) is 7.11 Å². The predicted octanol–water partition coefficient (Wildman–Crippen LogP) is 4.49. The van der Waals surface area contributed by atoms with Crippen molar-refractivity contribution in [2.75, 3.05) is 7.11 Å². The second-order valence-electron chi connectivity index (χ2n) is 4.07. The first kappa shape index (κ1) is 14.5. The molecule has 0 fully saturated rings. The zero-order valence-electron chi connectivity index (χ0n) is 10.3. The fourth-order valence-electron chi connectivity index (χ4n) is 1.82. The van der Waals surface area contributed by atoms with Crippen LogP contribution in [-0.2, 0) is 6.42 Å². The molecule has 98 valence electrons. The van der Waals surface area contributed by atoms with Crippen LogP contribution in [0.5, 0.6) is 5.75 Å². The van der Waals surface area contributed by atoms with Gasteiger partial charge in [0.25, 0.3) is 0 Å². The number of benzene rings is 2. The van der Waals surface area contributed by atoms with Crippen LogP contribution in [0.2, 0.25) is 0 Å². The van der Waals surface area contributed by atoms with Crippen molar-refractivity contribution < 1.29 is 9.53 Å². The Morgan fingerprint density at radius 3 is 2.74 bits per heavy atom. The van der Waals surface area contributed by atoms with Crippen LogP contribution in [0, 0.1) is 3.57 Å². The number of ketones is 1. The second-order valence-corrected chi connectivity index (χ2v) is 6.23. The van der Waals surface area contributed by atoms with Gasteiger partial charge in [0.15, 0.2) is 5.78 Å². The van der Waals surface area contributed by atoms with Crippen molar-refractivity contribution in [1.29, 1.82) is 0 Å². The van der Waals surface area contributed by atoms with Gasteiger partial charge in [-0.05, 0) is 52.9 Å². The van der Waals surface area contributed by atoms with Gasteiger partial charge in [0, 0.05) is 25.6 Å². The van der Waals surface area contributed by atoms with E-state index in [4.69, 9.17) is 4.74 Å². The molecule has 2 aromatic rings. The molecule has 0 amide bonds. The SMILES string of the molecule is COc1ccc(Br)cc1CC(=O)c1cccc(I)c1. The molecule has 0 aliphatic carbocycles. The van der Waals surface area contributed by atoms with E-state index < -0.39 is 0 Å². The van der Waals surface area contributed by atoms with E-state index in [2.05, 4.69) is 38.5 Å². The van der Waals surface area contributed by atoms with Crippen LogP contribution < -0.4 is 4.74 Å². The van der Waals surface area contributed by atoms with Crippen molar-refractivity contribution in [2.45, 2.75) is 6.42 Å². The molecule has 19 heavy (non-hydrogen) atoms. The van der Waals surface area contributed by atoms with Crippen LogP contribution in [0.1, 0.15) is 15.9 Å². The third-order valence-electron chi connectivity index (χ3n) is 2.74. The Morgan fingerprint density at radius 2 is 2.05 bits per heavy atom. The minimum Gasteiger partial charge on any atom is -0.496 e. The third kappa shape index (κ3) is 3.79. The molecule has 0 saturated carbocycles. The largest absolute Gasteiger partial charge is 0.496 e. The van der Waals surface area contributed by atoms with Gasteiger partial charge in [-0.2, -0.15) is 0 Å². The summed E-state index contributed by atoms with van der Waals surface area (Å²) in [5.41, 5.74) is 1.62. The maximum Gasteiger partial charge on any atom is 0.167 e. The Hall–Kier alpha value is -0.880. The van der Waals surface area contributed by atoms with Crippen LogP contribution >= 0.6 is 38.5 Å². The van der Waals surface area contributed by atoms with E-state index in [0.29, 0.717) is 6.42 Å². The first-order valence-corrected chi connectivity index (χ1v) is 7.58. The zero-order chi connectivity index (χ0) is 13.8. The summed E-state index contributed by atoms with van der Waals surface area (Å²) >= 11 is 5.62. The molecule has 0 radical (unpaired) electrons. The quantitative estimate of drug-likeness (QED) is 0.527. The average molecular weight is 431 g/mol. The number of carbonyl (C=O) groups is 1. The normalized spacial score (nSPS) is 10.3. The average Bonchev–Trinajstić information content (AvgIpc) is 2.39. The molecule has 0 bridgehead atoms. The summed E-state index contributed by atoms with van der Waals surface area (Å²) in [6.07, 6.45) is 0.336. The van der Waals surface area contributed by atoms with Crippen molar-refractivity contribution >= 4 is 44.3 Å². The predicted molar refractivity (Wildman–Crippen MR) is 87.9 cm³/mol. The summed E-state index contributed by atoms with van der Waals surface area (Å²) < 4.78 is 7.29. The molecule has 0 unspecified atom stereocenters. The summed E-state index contributed by atoms with van der Waals surface area (Å²) in [6, 6.07) is 13.3. The standard InChI is InChI=1S/C15H12BrIO2/c1-19-15-6-5-12(16)7-11(15)9-14(18)10-3-2-4-13(17)8-10/h2-8H,9H2,1H3. The van der Waals surface area contributed by atoms with E-state index in [1.165, 1.54) is 0 Å². The Balaban J connectivity index is 2.26. The van der Waals surface area contributed by atoms with Gasteiger partial charge in [-0.3, -0.25) is 4.79 Å². The van der Waals surface area contributed by atoms with Gasteiger partial charge < -0.3 is 4.74 Å². The monoisotopic (exact) mass is 430 g/mol. The van der Waals surface area contributed by atoms with Gasteiger partial charge in [-0.1, -0.05) is 28.1 Å². The minimum atomic E-state index is 0.0925. The lowest BCUT2D eigenvalue weighted by molar-refractivity contribution is 0.0992.